The van der Waals surface area contributed by atoms with Crippen LogP contribution in [0.1, 0.15) is 21.7 Å². The average Bonchev–Trinajstić information content (AvgIpc) is 2.82. The summed E-state index contributed by atoms with van der Waals surface area (Å²) in [5, 5.41) is 2.86. The van der Waals surface area contributed by atoms with Crippen LogP contribution in [0, 0.1) is 12.7 Å². The number of nitrogens with zero attached hydrogens (tertiary/aromatic N) is 3. The summed E-state index contributed by atoms with van der Waals surface area (Å²) in [5.74, 6) is -0.0109. The summed E-state index contributed by atoms with van der Waals surface area (Å²) >= 11 is 0. The number of aromatic nitrogens is 3. The van der Waals surface area contributed by atoms with E-state index in [1.54, 1.807) is 24.3 Å². The molecule has 0 aliphatic heterocycles. The highest BCUT2D eigenvalue weighted by Gasteiger charge is 2.22. The molecule has 8 nitrogen and oxygen atoms in total. The van der Waals surface area contributed by atoms with Crippen LogP contribution in [-0.4, -0.2) is 28.0 Å². The summed E-state index contributed by atoms with van der Waals surface area (Å²) in [5.41, 5.74) is 17.2. The number of carbonyl (C=O) groups is 1. The highest BCUT2D eigenvalue weighted by molar-refractivity contribution is 5.94. The van der Waals surface area contributed by atoms with Gasteiger partial charge >= 0.3 is 0 Å². The predicted octanol–water partition coefficient (Wildman–Crippen LogP) is 3.76. The normalized spacial score (nSPS) is 10.7. The van der Waals surface area contributed by atoms with Crippen molar-refractivity contribution in [2.45, 2.75) is 13.5 Å². The predicted molar refractivity (Wildman–Crippen MR) is 128 cm³/mol. The molecular weight excluding hydrogens is 435 g/mol. The Morgan fingerprint density at radius 1 is 1.09 bits per heavy atom. The van der Waals surface area contributed by atoms with Gasteiger partial charge in [0.25, 0.3) is 5.91 Å². The fourth-order valence-electron chi connectivity index (χ4n) is 3.85. The highest BCUT2D eigenvalue weighted by atomic mass is 19.1. The lowest BCUT2D eigenvalue weighted by Crippen LogP contribution is -2.24. The molecule has 2 aromatic heterocycles. The number of halogens is 1. The zero-order chi connectivity index (χ0) is 24.2. The van der Waals surface area contributed by atoms with Gasteiger partial charge in [-0.05, 0) is 59.5 Å². The van der Waals surface area contributed by atoms with Crippen LogP contribution in [-0.2, 0) is 6.54 Å². The topological polar surface area (TPSA) is 129 Å². The molecule has 0 aliphatic carbocycles. The van der Waals surface area contributed by atoms with Crippen molar-refractivity contribution in [2.24, 2.45) is 0 Å². The Kier molecular flexibility index (Phi) is 6.35. The number of nitrogens with one attached hydrogen (secondary N) is 1. The second kappa shape index (κ2) is 9.53. The van der Waals surface area contributed by atoms with Gasteiger partial charge in [0.2, 0.25) is 0 Å². The number of nitrogen functional groups attached to an aromatic ring is 2. The maximum Gasteiger partial charge on any atom is 0.271 e. The minimum Gasteiger partial charge on any atom is -0.494 e. The van der Waals surface area contributed by atoms with Crippen LogP contribution in [0.15, 0.2) is 61.1 Å². The van der Waals surface area contributed by atoms with E-state index in [2.05, 4.69) is 20.3 Å². The first-order valence-corrected chi connectivity index (χ1v) is 10.4. The van der Waals surface area contributed by atoms with E-state index in [9.17, 15) is 9.18 Å². The SMILES string of the molecule is COc1c(N)cc(-c2ccc(F)cc2)c(-c2cc(C)nc(N)c2)c1CNC(=O)c1cnccn1. The molecule has 0 saturated heterocycles. The number of rotatable bonds is 6. The number of hydrogen-bond acceptors (Lipinski definition) is 7. The highest BCUT2D eigenvalue weighted by Crippen LogP contribution is 2.43. The molecule has 0 atom stereocenters. The Hall–Kier alpha value is -4.53. The van der Waals surface area contributed by atoms with Crippen LogP contribution in [0.5, 0.6) is 5.75 Å². The molecule has 1 amide bonds. The quantitative estimate of drug-likeness (QED) is 0.375. The first-order chi connectivity index (χ1) is 16.4. The van der Waals surface area contributed by atoms with Crippen molar-refractivity contribution in [3.8, 4) is 28.0 Å². The minimum atomic E-state index is -0.405. The van der Waals surface area contributed by atoms with Crippen molar-refractivity contribution in [3.05, 3.63) is 83.8 Å². The van der Waals surface area contributed by atoms with Crippen LogP contribution >= 0.6 is 0 Å². The first-order valence-electron chi connectivity index (χ1n) is 10.4. The molecule has 2 heterocycles. The molecule has 9 heteroatoms. The van der Waals surface area contributed by atoms with Crippen molar-refractivity contribution in [1.82, 2.24) is 20.3 Å². The van der Waals surface area contributed by atoms with Gasteiger partial charge in [-0.15, -0.1) is 0 Å². The van der Waals surface area contributed by atoms with Crippen molar-refractivity contribution in [3.63, 3.8) is 0 Å². The van der Waals surface area contributed by atoms with E-state index in [-0.39, 0.29) is 18.1 Å². The number of aryl methyl sites for hydroxylation is 1. The first kappa shape index (κ1) is 22.7. The minimum absolute atomic E-state index is 0.0778. The number of carbonyl (C=O) groups excluding carboxylic acids is 1. The van der Waals surface area contributed by atoms with Gasteiger partial charge in [0, 0.05) is 30.2 Å². The Morgan fingerprint density at radius 2 is 1.85 bits per heavy atom. The van der Waals surface area contributed by atoms with Crippen LogP contribution in [0.3, 0.4) is 0 Å². The third-order valence-corrected chi connectivity index (χ3v) is 5.25. The summed E-state index contributed by atoms with van der Waals surface area (Å²) in [4.78, 5) is 24.9. The number of hydrogen-bond donors (Lipinski definition) is 3. The van der Waals surface area contributed by atoms with E-state index in [1.807, 2.05) is 13.0 Å². The third kappa shape index (κ3) is 4.63. The molecule has 172 valence electrons. The lowest BCUT2D eigenvalue weighted by atomic mass is 9.89. The molecule has 0 saturated carbocycles. The van der Waals surface area contributed by atoms with Crippen LogP contribution in [0.2, 0.25) is 0 Å². The van der Waals surface area contributed by atoms with Gasteiger partial charge < -0.3 is 21.5 Å². The lowest BCUT2D eigenvalue weighted by Gasteiger charge is -2.21. The number of amides is 1. The standard InChI is InChI=1S/C25H23FN6O2/c1-14-9-16(10-22(28)32-14)23-18(15-3-5-17(26)6-4-15)11-20(27)24(34-2)19(23)12-31-25(33)21-13-29-7-8-30-21/h3-11,13H,12,27H2,1-2H3,(H2,28,32)(H,31,33). The molecule has 4 aromatic rings. The summed E-state index contributed by atoms with van der Waals surface area (Å²) in [6, 6.07) is 11.5. The van der Waals surface area contributed by atoms with Crippen LogP contribution < -0.4 is 21.5 Å². The summed E-state index contributed by atoms with van der Waals surface area (Å²) in [6.45, 7) is 1.91. The van der Waals surface area contributed by atoms with Crippen molar-refractivity contribution in [2.75, 3.05) is 18.6 Å². The number of pyridine rings is 1. The maximum absolute atomic E-state index is 13.7. The zero-order valence-electron chi connectivity index (χ0n) is 18.7. The van der Waals surface area contributed by atoms with E-state index < -0.39 is 5.91 Å². The Bertz CT molecular complexity index is 1320. The van der Waals surface area contributed by atoms with E-state index in [1.165, 1.54) is 37.8 Å². The van der Waals surface area contributed by atoms with Gasteiger partial charge in [-0.1, -0.05) is 12.1 Å². The fraction of sp³-hybridized carbons (Fsp3) is 0.120. The number of ether oxygens (including phenoxy) is 1. The summed E-state index contributed by atoms with van der Waals surface area (Å²) in [6.07, 6.45) is 4.31. The number of benzene rings is 2. The summed E-state index contributed by atoms with van der Waals surface area (Å²) in [7, 11) is 1.51. The number of anilines is 2. The zero-order valence-corrected chi connectivity index (χ0v) is 18.7. The molecule has 4 rings (SSSR count). The van der Waals surface area contributed by atoms with Crippen LogP contribution in [0.25, 0.3) is 22.3 Å². The molecule has 0 bridgehead atoms. The molecule has 0 unspecified atom stereocenters. The van der Waals surface area contributed by atoms with Crippen molar-refractivity contribution >= 4 is 17.4 Å². The molecule has 0 fully saturated rings. The molecular formula is C25H23FN6O2. The van der Waals surface area contributed by atoms with Gasteiger partial charge in [-0.2, -0.15) is 0 Å². The van der Waals surface area contributed by atoms with E-state index in [0.29, 0.717) is 28.5 Å². The summed E-state index contributed by atoms with van der Waals surface area (Å²) < 4.78 is 19.3. The van der Waals surface area contributed by atoms with E-state index >= 15 is 0 Å². The van der Waals surface area contributed by atoms with E-state index in [0.717, 1.165) is 22.3 Å². The lowest BCUT2D eigenvalue weighted by molar-refractivity contribution is 0.0945. The van der Waals surface area contributed by atoms with Gasteiger partial charge in [-0.25, -0.2) is 14.4 Å². The van der Waals surface area contributed by atoms with Gasteiger partial charge in [-0.3, -0.25) is 9.78 Å². The van der Waals surface area contributed by atoms with E-state index in [4.69, 9.17) is 16.2 Å². The smallest absolute Gasteiger partial charge is 0.271 e. The van der Waals surface area contributed by atoms with Crippen LogP contribution in [0.4, 0.5) is 15.9 Å². The Labute approximate surface area is 195 Å². The number of methoxy groups -OCH3 is 1. The largest absolute Gasteiger partial charge is 0.494 e. The monoisotopic (exact) mass is 458 g/mol. The molecule has 0 radical (unpaired) electrons. The van der Waals surface area contributed by atoms with Crippen molar-refractivity contribution < 1.29 is 13.9 Å². The number of nitrogens with two attached hydrogens (primary N) is 2. The van der Waals surface area contributed by atoms with Gasteiger partial charge in [0.05, 0.1) is 19.0 Å². The molecule has 34 heavy (non-hydrogen) atoms. The van der Waals surface area contributed by atoms with Crippen molar-refractivity contribution in [1.29, 1.82) is 0 Å². The van der Waals surface area contributed by atoms with Gasteiger partial charge in [0.15, 0.2) is 0 Å². The second-order valence-electron chi connectivity index (χ2n) is 7.60. The van der Waals surface area contributed by atoms with Gasteiger partial charge in [0.1, 0.15) is 23.1 Å². The second-order valence-corrected chi connectivity index (χ2v) is 7.60. The molecule has 0 aliphatic rings. The Balaban J connectivity index is 1.91. The maximum atomic E-state index is 13.7. The molecule has 0 spiro atoms. The Morgan fingerprint density at radius 3 is 2.50 bits per heavy atom. The third-order valence-electron chi connectivity index (χ3n) is 5.25. The molecule has 5 N–H and O–H groups in total. The molecule has 2 aromatic carbocycles. The average molecular weight is 458 g/mol. The fourth-order valence-corrected chi connectivity index (χ4v) is 3.85.